The number of benzene rings is 1. The average Bonchev–Trinajstić information content (AvgIpc) is 2.62. The molecule has 1 aromatic carbocycles. The third kappa shape index (κ3) is 4.11. The van der Waals surface area contributed by atoms with Gasteiger partial charge in [0.15, 0.2) is 0 Å². The maximum absolute atomic E-state index is 12.0. The van der Waals surface area contributed by atoms with Crippen molar-refractivity contribution in [3.05, 3.63) is 24.3 Å². The van der Waals surface area contributed by atoms with E-state index in [9.17, 15) is 9.59 Å². The zero-order chi connectivity index (χ0) is 17.6. The number of nitrogens with one attached hydrogen (secondary N) is 2. The van der Waals surface area contributed by atoms with Crippen LogP contribution in [0.2, 0.25) is 0 Å². The van der Waals surface area contributed by atoms with E-state index in [0.717, 1.165) is 51.2 Å². The summed E-state index contributed by atoms with van der Waals surface area (Å²) in [5.74, 6) is 0. The fourth-order valence-corrected chi connectivity index (χ4v) is 3.45. The SMILES string of the molecule is CNC(=O)N(CCC=O)c1ccc(N2CC(N3CCNCC3)C2)cc1. The molecule has 0 aliphatic carbocycles. The zero-order valence-corrected chi connectivity index (χ0v) is 14.8. The van der Waals surface area contributed by atoms with Crippen molar-refractivity contribution in [3.63, 3.8) is 0 Å². The first kappa shape index (κ1) is 17.7. The number of amides is 2. The lowest BCUT2D eigenvalue weighted by Gasteiger charge is -2.48. The normalized spacial score (nSPS) is 18.5. The lowest BCUT2D eigenvalue weighted by Crippen LogP contribution is -2.62. The van der Waals surface area contributed by atoms with Crippen LogP contribution in [0.1, 0.15) is 6.42 Å². The van der Waals surface area contributed by atoms with Crippen molar-refractivity contribution in [2.45, 2.75) is 12.5 Å². The van der Waals surface area contributed by atoms with Crippen LogP contribution in [0.15, 0.2) is 24.3 Å². The molecule has 0 atom stereocenters. The van der Waals surface area contributed by atoms with Crippen LogP contribution in [0.4, 0.5) is 16.2 Å². The Kier molecular flexibility index (Phi) is 5.88. The van der Waals surface area contributed by atoms with Crippen molar-refractivity contribution in [1.82, 2.24) is 15.5 Å². The van der Waals surface area contributed by atoms with Gasteiger partial charge >= 0.3 is 6.03 Å². The maximum Gasteiger partial charge on any atom is 0.321 e. The van der Waals surface area contributed by atoms with E-state index >= 15 is 0 Å². The molecule has 136 valence electrons. The Labute approximate surface area is 149 Å². The first-order valence-corrected chi connectivity index (χ1v) is 8.95. The number of urea groups is 1. The standard InChI is InChI=1S/C18H27N5O2/c1-19-18(25)23(9-2-12-24)16-5-3-15(4-6-16)22-13-17(14-22)21-10-7-20-8-11-21/h3-6,12,17,20H,2,7-11,13-14H2,1H3,(H,19,25). The molecule has 2 fully saturated rings. The molecule has 3 rings (SSSR count). The third-order valence-corrected chi connectivity index (χ3v) is 4.99. The van der Waals surface area contributed by atoms with Crippen LogP contribution in [-0.2, 0) is 4.79 Å². The van der Waals surface area contributed by atoms with Gasteiger partial charge in [0.2, 0.25) is 0 Å². The Morgan fingerprint density at radius 2 is 1.96 bits per heavy atom. The highest BCUT2D eigenvalue weighted by Crippen LogP contribution is 2.26. The van der Waals surface area contributed by atoms with Gasteiger partial charge in [0, 0.05) is 76.7 Å². The summed E-state index contributed by atoms with van der Waals surface area (Å²) in [6.07, 6.45) is 1.16. The van der Waals surface area contributed by atoms with Gasteiger partial charge in [0.25, 0.3) is 0 Å². The number of rotatable bonds is 6. The molecule has 2 heterocycles. The van der Waals surface area contributed by atoms with Crippen molar-refractivity contribution in [2.75, 3.05) is 62.7 Å². The Morgan fingerprint density at radius 3 is 2.56 bits per heavy atom. The summed E-state index contributed by atoms with van der Waals surface area (Å²) in [4.78, 5) is 29.2. The zero-order valence-electron chi connectivity index (χ0n) is 14.8. The van der Waals surface area contributed by atoms with Crippen molar-refractivity contribution in [2.24, 2.45) is 0 Å². The number of hydrogen-bond donors (Lipinski definition) is 2. The second kappa shape index (κ2) is 8.31. The molecule has 2 aliphatic rings. The molecule has 0 saturated carbocycles. The molecule has 7 heteroatoms. The fraction of sp³-hybridized carbons (Fsp3) is 0.556. The lowest BCUT2D eigenvalue weighted by atomic mass is 10.0. The maximum atomic E-state index is 12.0. The van der Waals surface area contributed by atoms with Gasteiger partial charge in [-0.2, -0.15) is 0 Å². The Balaban J connectivity index is 1.58. The van der Waals surface area contributed by atoms with Crippen molar-refractivity contribution >= 4 is 23.7 Å². The monoisotopic (exact) mass is 345 g/mol. The molecule has 2 amide bonds. The van der Waals surface area contributed by atoms with Gasteiger partial charge in [-0.3, -0.25) is 9.80 Å². The Morgan fingerprint density at radius 1 is 1.28 bits per heavy atom. The molecular weight excluding hydrogens is 318 g/mol. The minimum absolute atomic E-state index is 0.197. The minimum atomic E-state index is -0.197. The first-order valence-electron chi connectivity index (χ1n) is 8.95. The van der Waals surface area contributed by atoms with Crippen LogP contribution in [0.3, 0.4) is 0 Å². The molecular formula is C18H27N5O2. The minimum Gasteiger partial charge on any atom is -0.368 e. The Hall–Kier alpha value is -2.12. The summed E-state index contributed by atoms with van der Waals surface area (Å²) in [6, 6.07) is 8.47. The van der Waals surface area contributed by atoms with Gasteiger partial charge in [0.1, 0.15) is 6.29 Å². The van der Waals surface area contributed by atoms with E-state index in [4.69, 9.17) is 0 Å². The van der Waals surface area contributed by atoms with Crippen LogP contribution in [0.5, 0.6) is 0 Å². The van der Waals surface area contributed by atoms with Gasteiger partial charge in [-0.15, -0.1) is 0 Å². The fourth-order valence-electron chi connectivity index (χ4n) is 3.45. The highest BCUT2D eigenvalue weighted by molar-refractivity contribution is 5.92. The highest BCUT2D eigenvalue weighted by Gasteiger charge is 2.32. The summed E-state index contributed by atoms with van der Waals surface area (Å²) in [5, 5.41) is 6.02. The van der Waals surface area contributed by atoms with Gasteiger partial charge in [-0.05, 0) is 24.3 Å². The molecule has 25 heavy (non-hydrogen) atoms. The van der Waals surface area contributed by atoms with Crippen molar-refractivity contribution < 1.29 is 9.59 Å². The summed E-state index contributed by atoms with van der Waals surface area (Å²) in [5.41, 5.74) is 1.99. The van der Waals surface area contributed by atoms with E-state index in [-0.39, 0.29) is 6.03 Å². The number of carbonyl (C=O) groups excluding carboxylic acids is 2. The van der Waals surface area contributed by atoms with E-state index in [1.54, 1.807) is 11.9 Å². The van der Waals surface area contributed by atoms with Crippen LogP contribution in [0, 0.1) is 0 Å². The van der Waals surface area contributed by atoms with E-state index in [2.05, 4.69) is 32.6 Å². The van der Waals surface area contributed by atoms with Crippen LogP contribution in [0.25, 0.3) is 0 Å². The molecule has 0 bridgehead atoms. The van der Waals surface area contributed by atoms with Crippen LogP contribution in [-0.4, -0.2) is 76.1 Å². The van der Waals surface area contributed by atoms with Gasteiger partial charge in [0.05, 0.1) is 0 Å². The molecule has 7 nitrogen and oxygen atoms in total. The Bertz CT molecular complexity index is 580. The number of hydrogen-bond acceptors (Lipinski definition) is 5. The van der Waals surface area contributed by atoms with E-state index < -0.39 is 0 Å². The predicted molar refractivity (Wildman–Crippen MR) is 99.4 cm³/mol. The summed E-state index contributed by atoms with van der Waals surface area (Å²) >= 11 is 0. The lowest BCUT2D eigenvalue weighted by molar-refractivity contribution is -0.107. The molecule has 0 radical (unpaired) electrons. The number of carbonyl (C=O) groups is 2. The predicted octanol–water partition coefficient (Wildman–Crippen LogP) is 0.515. The quantitative estimate of drug-likeness (QED) is 0.736. The van der Waals surface area contributed by atoms with Crippen molar-refractivity contribution in [3.8, 4) is 0 Å². The van der Waals surface area contributed by atoms with Crippen LogP contribution >= 0.6 is 0 Å². The average molecular weight is 345 g/mol. The molecule has 0 spiro atoms. The number of piperazine rings is 1. The van der Waals surface area contributed by atoms with Crippen molar-refractivity contribution in [1.29, 1.82) is 0 Å². The molecule has 2 aliphatic heterocycles. The first-order chi connectivity index (χ1) is 12.2. The molecule has 0 aromatic heterocycles. The van der Waals surface area contributed by atoms with E-state index in [1.807, 2.05) is 12.1 Å². The molecule has 2 N–H and O–H groups in total. The van der Waals surface area contributed by atoms with Gasteiger partial charge < -0.3 is 20.3 Å². The molecule has 1 aromatic rings. The van der Waals surface area contributed by atoms with Gasteiger partial charge in [-0.1, -0.05) is 0 Å². The number of anilines is 2. The smallest absolute Gasteiger partial charge is 0.321 e. The third-order valence-electron chi connectivity index (χ3n) is 4.99. The molecule has 2 saturated heterocycles. The second-order valence-electron chi connectivity index (χ2n) is 6.52. The number of nitrogens with zero attached hydrogens (tertiary/aromatic N) is 3. The largest absolute Gasteiger partial charge is 0.368 e. The summed E-state index contributed by atoms with van der Waals surface area (Å²) < 4.78 is 0. The summed E-state index contributed by atoms with van der Waals surface area (Å²) in [6.45, 7) is 6.94. The van der Waals surface area contributed by atoms with E-state index in [1.165, 1.54) is 5.69 Å². The van der Waals surface area contributed by atoms with E-state index in [0.29, 0.717) is 19.0 Å². The topological polar surface area (TPSA) is 67.9 Å². The molecule has 0 unspecified atom stereocenters. The summed E-state index contributed by atoms with van der Waals surface area (Å²) in [7, 11) is 1.60. The van der Waals surface area contributed by atoms with Crippen LogP contribution < -0.4 is 20.4 Å². The van der Waals surface area contributed by atoms with Gasteiger partial charge in [-0.25, -0.2) is 4.79 Å². The second-order valence-corrected chi connectivity index (χ2v) is 6.52. The highest BCUT2D eigenvalue weighted by atomic mass is 16.2. The number of aldehydes is 1.